The van der Waals surface area contributed by atoms with Crippen LogP contribution in [0.2, 0.25) is 0 Å². The molecule has 10 heteroatoms. The van der Waals surface area contributed by atoms with Crippen molar-refractivity contribution in [2.75, 3.05) is 19.7 Å². The summed E-state index contributed by atoms with van der Waals surface area (Å²) in [6.45, 7) is 3.50. The molecule has 1 aromatic carbocycles. The summed E-state index contributed by atoms with van der Waals surface area (Å²) in [4.78, 5) is 22.4. The number of carbonyl (C=O) groups excluding carboxylic acids is 2. The highest BCUT2D eigenvalue weighted by Gasteiger charge is 2.17. The first kappa shape index (κ1) is 21.0. The van der Waals surface area contributed by atoms with E-state index < -0.39 is 45.0 Å². The number of ether oxygens (including phenoxy) is 1. The van der Waals surface area contributed by atoms with Gasteiger partial charge in [0.05, 0.1) is 11.3 Å². The lowest BCUT2D eigenvalue weighted by atomic mass is 10.2. The molecule has 1 aromatic rings. The summed E-state index contributed by atoms with van der Waals surface area (Å²) in [6.07, 6.45) is -0.319. The molecule has 2 N–H and O–H groups in total. The average Bonchev–Trinajstić information content (AvgIpc) is 2.53. The minimum Gasteiger partial charge on any atom is -0.456 e. The van der Waals surface area contributed by atoms with Crippen molar-refractivity contribution in [3.05, 3.63) is 29.8 Å². The molecule has 0 heterocycles. The van der Waals surface area contributed by atoms with Crippen LogP contribution in [0.3, 0.4) is 0 Å². The quantitative estimate of drug-likeness (QED) is 0.623. The van der Waals surface area contributed by atoms with Gasteiger partial charge in [0.15, 0.2) is 18.2 Å². The van der Waals surface area contributed by atoms with Gasteiger partial charge in [0.1, 0.15) is 0 Å². The molecule has 0 spiro atoms. The molecule has 1 amide bonds. The zero-order valence-corrected chi connectivity index (χ0v) is 14.7. The first-order valence-electron chi connectivity index (χ1n) is 7.49. The lowest BCUT2D eigenvalue weighted by Crippen LogP contribution is -2.32. The lowest BCUT2D eigenvalue weighted by Gasteiger charge is -2.09. The third kappa shape index (κ3) is 7.57. The van der Waals surface area contributed by atoms with Gasteiger partial charge < -0.3 is 10.1 Å². The molecule has 0 atom stereocenters. The van der Waals surface area contributed by atoms with E-state index in [2.05, 4.69) is 10.0 Å². The van der Waals surface area contributed by atoms with Crippen LogP contribution in [0.4, 0.5) is 8.78 Å². The minimum atomic E-state index is -4.09. The van der Waals surface area contributed by atoms with Crippen molar-refractivity contribution < 1.29 is 31.5 Å². The second-order valence-electron chi connectivity index (χ2n) is 5.58. The maximum Gasteiger partial charge on any atom is 0.307 e. The van der Waals surface area contributed by atoms with Gasteiger partial charge in [-0.2, -0.15) is 0 Å². The van der Waals surface area contributed by atoms with Crippen LogP contribution in [-0.2, 0) is 24.3 Å². The fraction of sp³-hybridized carbons (Fsp3) is 0.467. The van der Waals surface area contributed by atoms with E-state index in [4.69, 9.17) is 4.74 Å². The van der Waals surface area contributed by atoms with Gasteiger partial charge in [-0.1, -0.05) is 13.8 Å². The van der Waals surface area contributed by atoms with Gasteiger partial charge in [0.2, 0.25) is 10.0 Å². The van der Waals surface area contributed by atoms with Crippen molar-refractivity contribution in [2.45, 2.75) is 25.2 Å². The van der Waals surface area contributed by atoms with E-state index in [9.17, 15) is 26.8 Å². The van der Waals surface area contributed by atoms with Crippen LogP contribution in [-0.4, -0.2) is 40.0 Å². The summed E-state index contributed by atoms with van der Waals surface area (Å²) in [7, 11) is -4.09. The zero-order valence-electron chi connectivity index (χ0n) is 13.8. The summed E-state index contributed by atoms with van der Waals surface area (Å²) in [5.41, 5.74) is 0. The molecule has 25 heavy (non-hydrogen) atoms. The third-order valence-electron chi connectivity index (χ3n) is 2.89. The van der Waals surface area contributed by atoms with Crippen molar-refractivity contribution in [3.8, 4) is 0 Å². The molecule has 0 aromatic heterocycles. The Bertz CT molecular complexity index is 723. The Labute approximate surface area is 144 Å². The van der Waals surface area contributed by atoms with E-state index in [1.54, 1.807) is 0 Å². The molecule has 0 saturated carbocycles. The van der Waals surface area contributed by atoms with Crippen molar-refractivity contribution in [3.63, 3.8) is 0 Å². The summed E-state index contributed by atoms with van der Waals surface area (Å²) >= 11 is 0. The SMILES string of the molecule is CC(C)CNC(=O)COC(=O)CCNS(=O)(=O)c1ccc(F)c(F)c1. The number of amides is 1. The summed E-state index contributed by atoms with van der Waals surface area (Å²) in [5.74, 6) is -3.43. The van der Waals surface area contributed by atoms with Crippen LogP contribution in [0.25, 0.3) is 0 Å². The van der Waals surface area contributed by atoms with Crippen molar-refractivity contribution >= 4 is 21.9 Å². The Morgan fingerprint density at radius 1 is 1.20 bits per heavy atom. The molecule has 1 rings (SSSR count). The van der Waals surface area contributed by atoms with Crippen LogP contribution in [0.15, 0.2) is 23.1 Å². The molecule has 7 nitrogen and oxygen atoms in total. The first-order chi connectivity index (χ1) is 11.6. The van der Waals surface area contributed by atoms with Crippen molar-refractivity contribution in [2.24, 2.45) is 5.92 Å². The molecule has 0 fully saturated rings. The van der Waals surface area contributed by atoms with Gasteiger partial charge in [0.25, 0.3) is 5.91 Å². The van der Waals surface area contributed by atoms with Gasteiger partial charge in [-0.3, -0.25) is 9.59 Å². The van der Waals surface area contributed by atoms with E-state index in [1.807, 2.05) is 13.8 Å². The molecular formula is C15H20F2N2O5S. The number of hydrogen-bond donors (Lipinski definition) is 2. The molecule has 0 unspecified atom stereocenters. The molecule has 140 valence electrons. The fourth-order valence-corrected chi connectivity index (χ4v) is 2.65. The average molecular weight is 378 g/mol. The summed E-state index contributed by atoms with van der Waals surface area (Å²) in [6, 6.07) is 2.13. The van der Waals surface area contributed by atoms with Gasteiger partial charge >= 0.3 is 5.97 Å². The maximum atomic E-state index is 13.1. The normalized spacial score (nSPS) is 11.4. The standard InChI is InChI=1S/C15H20F2N2O5S/c1-10(2)8-18-14(20)9-24-15(21)5-6-19-25(22,23)11-3-4-12(16)13(17)7-11/h3-4,7,10,19H,5-6,8-9H2,1-2H3,(H,18,20). The Morgan fingerprint density at radius 3 is 2.48 bits per heavy atom. The highest BCUT2D eigenvalue weighted by atomic mass is 32.2. The largest absolute Gasteiger partial charge is 0.456 e. The van der Waals surface area contributed by atoms with Gasteiger partial charge in [-0.05, 0) is 24.1 Å². The van der Waals surface area contributed by atoms with Crippen LogP contribution in [0, 0.1) is 17.6 Å². The molecule has 0 aliphatic carbocycles. The van der Waals surface area contributed by atoms with Crippen LogP contribution in [0.5, 0.6) is 0 Å². The number of benzene rings is 1. The Kier molecular flexibility index (Phi) is 7.91. The first-order valence-corrected chi connectivity index (χ1v) is 8.97. The molecule has 0 bridgehead atoms. The Hall–Kier alpha value is -2.07. The molecule has 0 aliphatic heterocycles. The Morgan fingerprint density at radius 2 is 1.88 bits per heavy atom. The number of halogens is 2. The summed E-state index contributed by atoms with van der Waals surface area (Å²) in [5, 5.41) is 2.56. The monoisotopic (exact) mass is 378 g/mol. The maximum absolute atomic E-state index is 13.1. The lowest BCUT2D eigenvalue weighted by molar-refractivity contribution is -0.148. The van der Waals surface area contributed by atoms with E-state index in [1.165, 1.54) is 0 Å². The van der Waals surface area contributed by atoms with Gasteiger partial charge in [-0.15, -0.1) is 0 Å². The number of sulfonamides is 1. The smallest absolute Gasteiger partial charge is 0.307 e. The van der Waals surface area contributed by atoms with E-state index in [-0.39, 0.29) is 18.9 Å². The zero-order chi connectivity index (χ0) is 19.0. The highest BCUT2D eigenvalue weighted by molar-refractivity contribution is 7.89. The van der Waals surface area contributed by atoms with Crippen LogP contribution < -0.4 is 10.0 Å². The molecule has 0 saturated heterocycles. The van der Waals surface area contributed by atoms with Crippen molar-refractivity contribution in [1.82, 2.24) is 10.0 Å². The van der Waals surface area contributed by atoms with Crippen molar-refractivity contribution in [1.29, 1.82) is 0 Å². The molecule has 0 radical (unpaired) electrons. The van der Waals surface area contributed by atoms with E-state index in [0.29, 0.717) is 18.7 Å². The predicted molar refractivity (Wildman–Crippen MR) is 85.0 cm³/mol. The molecule has 0 aliphatic rings. The number of rotatable bonds is 9. The predicted octanol–water partition coefficient (Wildman–Crippen LogP) is 0.949. The van der Waals surface area contributed by atoms with Crippen LogP contribution in [0.1, 0.15) is 20.3 Å². The minimum absolute atomic E-state index is 0.255. The second kappa shape index (κ2) is 9.42. The number of carbonyl (C=O) groups is 2. The number of nitrogens with one attached hydrogen (secondary N) is 2. The molecular weight excluding hydrogens is 358 g/mol. The Balaban J connectivity index is 2.39. The number of hydrogen-bond acceptors (Lipinski definition) is 5. The van der Waals surface area contributed by atoms with Gasteiger partial charge in [-0.25, -0.2) is 21.9 Å². The summed E-state index contributed by atoms with van der Waals surface area (Å²) < 4.78 is 56.4. The van der Waals surface area contributed by atoms with E-state index in [0.717, 1.165) is 6.07 Å². The second-order valence-corrected chi connectivity index (χ2v) is 7.35. The van der Waals surface area contributed by atoms with Crippen LogP contribution >= 0.6 is 0 Å². The topological polar surface area (TPSA) is 102 Å². The number of esters is 1. The third-order valence-corrected chi connectivity index (χ3v) is 4.35. The van der Waals surface area contributed by atoms with Gasteiger partial charge in [0, 0.05) is 13.1 Å². The fourth-order valence-electron chi connectivity index (χ4n) is 1.60. The highest BCUT2D eigenvalue weighted by Crippen LogP contribution is 2.13. The van der Waals surface area contributed by atoms with E-state index >= 15 is 0 Å².